The van der Waals surface area contributed by atoms with Gasteiger partial charge in [0.05, 0.1) is 0 Å². The number of thiophene rings is 1. The zero-order chi connectivity index (χ0) is 12.7. The number of fused-ring (bicyclic) bond motifs is 1. The van der Waals surface area contributed by atoms with Crippen LogP contribution in [0.5, 0.6) is 0 Å². The molecule has 0 aliphatic heterocycles. The van der Waals surface area contributed by atoms with E-state index in [0.29, 0.717) is 10.6 Å². The van der Waals surface area contributed by atoms with Crippen molar-refractivity contribution in [2.45, 2.75) is 0 Å². The average Bonchev–Trinajstić information content (AvgIpc) is 2.93. The predicted octanol–water partition coefficient (Wildman–Crippen LogP) is 4.25. The topological polar surface area (TPSA) is 53.1 Å². The Hall–Kier alpha value is -1.78. The first-order chi connectivity index (χ1) is 8.66. The van der Waals surface area contributed by atoms with E-state index in [4.69, 9.17) is 11.6 Å². The van der Waals surface area contributed by atoms with Gasteiger partial charge in [0.15, 0.2) is 0 Å². The number of carboxylic acids is 1. The van der Waals surface area contributed by atoms with Gasteiger partial charge in [0.1, 0.15) is 5.69 Å². The Morgan fingerprint density at radius 3 is 2.83 bits per heavy atom. The van der Waals surface area contributed by atoms with Crippen LogP contribution in [0.15, 0.2) is 35.7 Å². The first kappa shape index (κ1) is 11.3. The first-order valence-corrected chi connectivity index (χ1v) is 6.51. The third kappa shape index (κ3) is 1.70. The number of benzene rings is 1. The van der Waals surface area contributed by atoms with E-state index in [9.17, 15) is 9.90 Å². The lowest BCUT2D eigenvalue weighted by molar-refractivity contribution is 0.0692. The lowest BCUT2D eigenvalue weighted by Gasteiger charge is -1.98. The van der Waals surface area contributed by atoms with E-state index in [1.165, 1.54) is 11.3 Å². The highest BCUT2D eigenvalue weighted by molar-refractivity contribution is 7.13. The second-order valence-corrected chi connectivity index (χ2v) is 5.23. The second kappa shape index (κ2) is 4.15. The molecule has 0 saturated heterocycles. The maximum absolute atomic E-state index is 11.3. The van der Waals surface area contributed by atoms with E-state index in [-0.39, 0.29) is 5.69 Å². The van der Waals surface area contributed by atoms with E-state index in [0.717, 1.165) is 15.8 Å². The molecule has 90 valence electrons. The third-order valence-corrected chi connectivity index (χ3v) is 3.86. The number of hydrogen-bond acceptors (Lipinski definition) is 2. The van der Waals surface area contributed by atoms with Crippen molar-refractivity contribution in [3.05, 3.63) is 46.4 Å². The number of nitrogens with one attached hydrogen (secondary N) is 1. The lowest BCUT2D eigenvalue weighted by atomic mass is 10.1. The van der Waals surface area contributed by atoms with Crippen molar-refractivity contribution >= 4 is 39.8 Å². The fourth-order valence-electron chi connectivity index (χ4n) is 2.00. The number of rotatable bonds is 2. The summed E-state index contributed by atoms with van der Waals surface area (Å²) in [7, 11) is 0. The number of H-pyrrole nitrogens is 1. The molecule has 0 aliphatic carbocycles. The summed E-state index contributed by atoms with van der Waals surface area (Å²) in [4.78, 5) is 15.2. The minimum atomic E-state index is -0.967. The van der Waals surface area contributed by atoms with Gasteiger partial charge in [0.2, 0.25) is 0 Å². The number of carboxylic acid groups (broad SMARTS) is 1. The molecular weight excluding hydrogens is 270 g/mol. The van der Waals surface area contributed by atoms with Crippen LogP contribution in [0.2, 0.25) is 5.02 Å². The van der Waals surface area contributed by atoms with Crippen LogP contribution in [-0.4, -0.2) is 16.1 Å². The molecule has 2 aromatic heterocycles. The van der Waals surface area contributed by atoms with Gasteiger partial charge >= 0.3 is 5.97 Å². The van der Waals surface area contributed by atoms with Gasteiger partial charge in [0, 0.05) is 26.4 Å². The van der Waals surface area contributed by atoms with E-state index in [1.54, 1.807) is 18.2 Å². The van der Waals surface area contributed by atoms with Gasteiger partial charge < -0.3 is 10.1 Å². The van der Waals surface area contributed by atoms with Crippen molar-refractivity contribution < 1.29 is 9.90 Å². The molecule has 3 rings (SSSR count). The molecule has 0 aliphatic rings. The molecule has 5 heteroatoms. The van der Waals surface area contributed by atoms with E-state index in [1.807, 2.05) is 17.5 Å². The van der Waals surface area contributed by atoms with Gasteiger partial charge in [0.25, 0.3) is 0 Å². The number of carbonyl (C=O) groups is 1. The summed E-state index contributed by atoms with van der Waals surface area (Å²) in [6, 6.07) is 9.12. The van der Waals surface area contributed by atoms with Crippen LogP contribution >= 0.6 is 22.9 Å². The lowest BCUT2D eigenvalue weighted by Crippen LogP contribution is -1.97. The molecule has 2 N–H and O–H groups in total. The van der Waals surface area contributed by atoms with Crippen LogP contribution in [-0.2, 0) is 0 Å². The number of aromatic carboxylic acids is 1. The van der Waals surface area contributed by atoms with Crippen LogP contribution in [0.1, 0.15) is 10.5 Å². The van der Waals surface area contributed by atoms with Crippen molar-refractivity contribution in [2.24, 2.45) is 0 Å². The standard InChI is InChI=1S/C13H8ClNO2S/c14-7-3-4-9-8(6-7)11(10-2-1-5-18-10)12(15-9)13(16)17/h1-6,15H,(H,16,17). The number of aromatic amines is 1. The highest BCUT2D eigenvalue weighted by Crippen LogP contribution is 2.36. The molecule has 0 spiro atoms. The molecule has 0 radical (unpaired) electrons. The molecule has 0 saturated carbocycles. The molecule has 0 bridgehead atoms. The second-order valence-electron chi connectivity index (χ2n) is 3.85. The van der Waals surface area contributed by atoms with Gasteiger partial charge in [-0.15, -0.1) is 11.3 Å². The molecule has 3 aromatic rings. The number of hydrogen-bond donors (Lipinski definition) is 2. The van der Waals surface area contributed by atoms with Crippen LogP contribution in [0.25, 0.3) is 21.3 Å². The van der Waals surface area contributed by atoms with Crippen molar-refractivity contribution in [1.82, 2.24) is 4.98 Å². The maximum atomic E-state index is 11.3. The Bertz CT molecular complexity index is 731. The summed E-state index contributed by atoms with van der Waals surface area (Å²) in [5, 5.41) is 12.6. The third-order valence-electron chi connectivity index (χ3n) is 2.74. The quantitative estimate of drug-likeness (QED) is 0.736. The minimum absolute atomic E-state index is 0.203. The van der Waals surface area contributed by atoms with Gasteiger partial charge in [-0.3, -0.25) is 0 Å². The van der Waals surface area contributed by atoms with Crippen molar-refractivity contribution in [3.63, 3.8) is 0 Å². The highest BCUT2D eigenvalue weighted by Gasteiger charge is 2.19. The molecule has 3 nitrogen and oxygen atoms in total. The Labute approximate surface area is 112 Å². The summed E-state index contributed by atoms with van der Waals surface area (Å²) in [5.41, 5.74) is 1.69. The largest absolute Gasteiger partial charge is 0.477 e. The van der Waals surface area contributed by atoms with Crippen molar-refractivity contribution in [1.29, 1.82) is 0 Å². The molecule has 0 unspecified atom stereocenters. The van der Waals surface area contributed by atoms with Gasteiger partial charge in [-0.05, 0) is 29.6 Å². The van der Waals surface area contributed by atoms with Crippen LogP contribution < -0.4 is 0 Å². The summed E-state index contributed by atoms with van der Waals surface area (Å²) in [6.07, 6.45) is 0. The molecule has 18 heavy (non-hydrogen) atoms. The van der Waals surface area contributed by atoms with Crippen LogP contribution in [0.3, 0.4) is 0 Å². The van der Waals surface area contributed by atoms with E-state index < -0.39 is 5.97 Å². The SMILES string of the molecule is O=C(O)c1[nH]c2ccc(Cl)cc2c1-c1cccs1. The molecular formula is C13H8ClNO2S. The average molecular weight is 278 g/mol. The summed E-state index contributed by atoms with van der Waals surface area (Å²) < 4.78 is 0. The maximum Gasteiger partial charge on any atom is 0.353 e. The highest BCUT2D eigenvalue weighted by atomic mass is 35.5. The molecule has 1 aromatic carbocycles. The molecule has 2 heterocycles. The fraction of sp³-hybridized carbons (Fsp3) is 0. The molecule has 0 amide bonds. The number of halogens is 1. The normalized spacial score (nSPS) is 10.9. The number of aromatic nitrogens is 1. The monoisotopic (exact) mass is 277 g/mol. The van der Waals surface area contributed by atoms with E-state index >= 15 is 0 Å². The van der Waals surface area contributed by atoms with E-state index in [2.05, 4.69) is 4.98 Å². The summed E-state index contributed by atoms with van der Waals surface area (Å²) >= 11 is 7.49. The zero-order valence-corrected chi connectivity index (χ0v) is 10.7. The fourth-order valence-corrected chi connectivity index (χ4v) is 2.96. The summed E-state index contributed by atoms with van der Waals surface area (Å²) in [6.45, 7) is 0. The van der Waals surface area contributed by atoms with Crippen molar-refractivity contribution in [2.75, 3.05) is 0 Å². The Morgan fingerprint density at radius 2 is 2.17 bits per heavy atom. The minimum Gasteiger partial charge on any atom is -0.477 e. The van der Waals surface area contributed by atoms with Gasteiger partial charge in [-0.25, -0.2) is 4.79 Å². The van der Waals surface area contributed by atoms with Crippen LogP contribution in [0.4, 0.5) is 0 Å². The van der Waals surface area contributed by atoms with Crippen LogP contribution in [0, 0.1) is 0 Å². The Kier molecular flexibility index (Phi) is 2.61. The smallest absolute Gasteiger partial charge is 0.353 e. The molecule has 0 atom stereocenters. The predicted molar refractivity (Wildman–Crippen MR) is 73.6 cm³/mol. The molecule has 0 fully saturated rings. The van der Waals surface area contributed by atoms with Gasteiger partial charge in [-0.2, -0.15) is 0 Å². The van der Waals surface area contributed by atoms with Gasteiger partial charge in [-0.1, -0.05) is 17.7 Å². The Morgan fingerprint density at radius 1 is 1.33 bits per heavy atom. The first-order valence-electron chi connectivity index (χ1n) is 5.25. The Balaban J connectivity index is 2.41. The summed E-state index contributed by atoms with van der Waals surface area (Å²) in [5.74, 6) is -0.967. The zero-order valence-electron chi connectivity index (χ0n) is 9.11. The van der Waals surface area contributed by atoms with Crippen molar-refractivity contribution in [3.8, 4) is 10.4 Å².